The Bertz CT molecular complexity index is 740. The Labute approximate surface area is 131 Å². The zero-order valence-electron chi connectivity index (χ0n) is 12.0. The number of anilines is 1. The van der Waals surface area contributed by atoms with Crippen LogP contribution >= 0.6 is 11.3 Å². The number of hydrogen-bond donors (Lipinski definition) is 2. The minimum Gasteiger partial charge on any atom is -0.393 e. The van der Waals surface area contributed by atoms with E-state index in [-0.39, 0.29) is 11.7 Å². The lowest BCUT2D eigenvalue weighted by Gasteiger charge is -2.30. The second kappa shape index (κ2) is 6.30. The van der Waals surface area contributed by atoms with Gasteiger partial charge in [0.25, 0.3) is 5.56 Å². The first-order valence-electron chi connectivity index (χ1n) is 7.14. The van der Waals surface area contributed by atoms with Crippen molar-refractivity contribution >= 4 is 17.2 Å². The van der Waals surface area contributed by atoms with Crippen molar-refractivity contribution in [3.63, 3.8) is 0 Å². The predicted octanol–water partition coefficient (Wildman–Crippen LogP) is 1.25. The summed E-state index contributed by atoms with van der Waals surface area (Å²) in [6.45, 7) is 1.20. The van der Waals surface area contributed by atoms with Gasteiger partial charge >= 0.3 is 0 Å². The van der Waals surface area contributed by atoms with E-state index in [0.29, 0.717) is 44.0 Å². The summed E-state index contributed by atoms with van der Waals surface area (Å²) in [4.78, 5) is 21.2. The fraction of sp³-hybridized carbons (Fsp3) is 0.400. The summed E-state index contributed by atoms with van der Waals surface area (Å²) in [5, 5.41) is 22.8. The van der Waals surface area contributed by atoms with Crippen molar-refractivity contribution in [3.8, 4) is 6.07 Å². The molecular weight excluding hydrogens is 300 g/mol. The van der Waals surface area contributed by atoms with Crippen molar-refractivity contribution in [2.24, 2.45) is 0 Å². The van der Waals surface area contributed by atoms with E-state index >= 15 is 0 Å². The van der Waals surface area contributed by atoms with Crippen LogP contribution in [0.1, 0.15) is 29.8 Å². The van der Waals surface area contributed by atoms with Gasteiger partial charge in [0.2, 0.25) is 0 Å². The summed E-state index contributed by atoms with van der Waals surface area (Å²) < 4.78 is 0. The number of aliphatic hydroxyl groups is 1. The van der Waals surface area contributed by atoms with Gasteiger partial charge in [-0.05, 0) is 35.2 Å². The second-order valence-corrected chi connectivity index (χ2v) is 6.13. The van der Waals surface area contributed by atoms with Crippen molar-refractivity contribution < 1.29 is 5.11 Å². The van der Waals surface area contributed by atoms with Crippen molar-refractivity contribution in [1.29, 1.82) is 5.26 Å². The highest BCUT2D eigenvalue weighted by Gasteiger charge is 2.23. The number of hydrogen-bond acceptors (Lipinski definition) is 6. The van der Waals surface area contributed by atoms with Crippen LogP contribution in [0.2, 0.25) is 0 Å². The maximum Gasteiger partial charge on any atom is 0.271 e. The van der Waals surface area contributed by atoms with Gasteiger partial charge in [-0.2, -0.15) is 16.6 Å². The van der Waals surface area contributed by atoms with Crippen LogP contribution in [-0.4, -0.2) is 34.3 Å². The summed E-state index contributed by atoms with van der Waals surface area (Å²) in [5.74, 6) is 0.993. The lowest BCUT2D eigenvalue weighted by atomic mass is 10.1. The van der Waals surface area contributed by atoms with Crippen LogP contribution in [0.25, 0.3) is 0 Å². The maximum atomic E-state index is 12.1. The van der Waals surface area contributed by atoms with Crippen LogP contribution in [0.5, 0.6) is 0 Å². The molecule has 1 fully saturated rings. The largest absolute Gasteiger partial charge is 0.393 e. The SMILES string of the molecule is N#Cc1c(N2CCC(O)CC2)nc(Cc2ccsc2)[nH]c1=O. The summed E-state index contributed by atoms with van der Waals surface area (Å²) >= 11 is 1.59. The number of piperidine rings is 1. The van der Waals surface area contributed by atoms with Crippen LogP contribution in [0.3, 0.4) is 0 Å². The van der Waals surface area contributed by atoms with Gasteiger partial charge in [0.05, 0.1) is 6.10 Å². The van der Waals surface area contributed by atoms with Crippen molar-refractivity contribution in [2.75, 3.05) is 18.0 Å². The first kappa shape index (κ1) is 14.8. The molecule has 0 radical (unpaired) electrons. The van der Waals surface area contributed by atoms with E-state index in [2.05, 4.69) is 9.97 Å². The van der Waals surface area contributed by atoms with Gasteiger partial charge in [-0.15, -0.1) is 0 Å². The van der Waals surface area contributed by atoms with Crippen molar-refractivity contribution in [3.05, 3.63) is 44.1 Å². The Morgan fingerprint density at radius 3 is 2.91 bits per heavy atom. The molecule has 1 aliphatic rings. The Hall–Kier alpha value is -2.17. The van der Waals surface area contributed by atoms with Gasteiger partial charge in [0, 0.05) is 19.5 Å². The molecule has 2 aromatic rings. The molecule has 1 saturated heterocycles. The van der Waals surface area contributed by atoms with Crippen LogP contribution in [-0.2, 0) is 6.42 Å². The van der Waals surface area contributed by atoms with Crippen LogP contribution in [0, 0.1) is 11.3 Å². The van der Waals surface area contributed by atoms with E-state index in [1.165, 1.54) is 0 Å². The number of nitrogens with zero attached hydrogens (tertiary/aromatic N) is 3. The maximum absolute atomic E-state index is 12.1. The first-order valence-corrected chi connectivity index (χ1v) is 8.09. The van der Waals surface area contributed by atoms with Gasteiger partial charge in [-0.1, -0.05) is 0 Å². The average Bonchev–Trinajstić information content (AvgIpc) is 3.00. The van der Waals surface area contributed by atoms with Gasteiger partial charge in [-0.3, -0.25) is 4.79 Å². The molecular formula is C15H16N4O2S. The Kier molecular flexibility index (Phi) is 4.22. The molecule has 2 aromatic heterocycles. The molecule has 0 amide bonds. The summed E-state index contributed by atoms with van der Waals surface area (Å²) in [6.07, 6.45) is 1.47. The summed E-state index contributed by atoms with van der Waals surface area (Å²) in [7, 11) is 0. The molecule has 114 valence electrons. The number of nitriles is 1. The fourth-order valence-corrected chi connectivity index (χ4v) is 3.25. The van der Waals surface area contributed by atoms with Crippen LogP contribution in [0.15, 0.2) is 21.6 Å². The molecule has 2 N–H and O–H groups in total. The third kappa shape index (κ3) is 3.03. The third-order valence-electron chi connectivity index (χ3n) is 3.78. The predicted molar refractivity (Wildman–Crippen MR) is 84.2 cm³/mol. The van der Waals surface area contributed by atoms with Crippen molar-refractivity contribution in [2.45, 2.75) is 25.4 Å². The van der Waals surface area contributed by atoms with E-state index < -0.39 is 5.56 Å². The molecule has 22 heavy (non-hydrogen) atoms. The highest BCUT2D eigenvalue weighted by molar-refractivity contribution is 7.07. The molecule has 0 spiro atoms. The standard InChI is InChI=1S/C15H16N4O2S/c16-8-12-14(19-4-1-11(20)2-5-19)17-13(18-15(12)21)7-10-3-6-22-9-10/h3,6,9,11,20H,1-2,4-5,7H2,(H,17,18,21). The lowest BCUT2D eigenvalue weighted by Crippen LogP contribution is -2.38. The number of aliphatic hydroxyl groups excluding tert-OH is 1. The molecule has 7 heteroatoms. The fourth-order valence-electron chi connectivity index (χ4n) is 2.58. The first-order chi connectivity index (χ1) is 10.7. The van der Waals surface area contributed by atoms with E-state index in [4.69, 9.17) is 0 Å². The number of aromatic nitrogens is 2. The second-order valence-electron chi connectivity index (χ2n) is 5.35. The number of rotatable bonds is 3. The molecule has 0 saturated carbocycles. The van der Waals surface area contributed by atoms with E-state index in [0.717, 1.165) is 5.56 Å². The quantitative estimate of drug-likeness (QED) is 0.889. The number of nitrogens with one attached hydrogen (secondary N) is 1. The minimum absolute atomic E-state index is 0.0467. The van der Waals surface area contributed by atoms with Crippen molar-refractivity contribution in [1.82, 2.24) is 9.97 Å². The molecule has 1 aliphatic heterocycles. The molecule has 0 atom stereocenters. The number of H-pyrrole nitrogens is 1. The zero-order valence-corrected chi connectivity index (χ0v) is 12.8. The monoisotopic (exact) mass is 316 g/mol. The highest BCUT2D eigenvalue weighted by atomic mass is 32.1. The van der Waals surface area contributed by atoms with Gasteiger partial charge in [-0.25, -0.2) is 4.98 Å². The Morgan fingerprint density at radius 2 is 2.27 bits per heavy atom. The minimum atomic E-state index is -0.399. The third-order valence-corrected chi connectivity index (χ3v) is 4.51. The van der Waals surface area contributed by atoms with Crippen LogP contribution in [0.4, 0.5) is 5.82 Å². The molecule has 0 bridgehead atoms. The van der Waals surface area contributed by atoms with Crippen LogP contribution < -0.4 is 10.5 Å². The Morgan fingerprint density at radius 1 is 1.50 bits per heavy atom. The van der Waals surface area contributed by atoms with E-state index in [1.807, 2.05) is 27.8 Å². The summed E-state index contributed by atoms with van der Waals surface area (Å²) in [5.41, 5.74) is 0.729. The van der Waals surface area contributed by atoms with Gasteiger partial charge < -0.3 is 15.0 Å². The molecule has 3 heterocycles. The van der Waals surface area contributed by atoms with E-state index in [1.54, 1.807) is 11.3 Å². The molecule has 0 unspecified atom stereocenters. The van der Waals surface area contributed by atoms with Gasteiger partial charge in [0.1, 0.15) is 11.9 Å². The molecule has 0 aromatic carbocycles. The van der Waals surface area contributed by atoms with E-state index in [9.17, 15) is 15.2 Å². The average molecular weight is 316 g/mol. The topological polar surface area (TPSA) is 93.0 Å². The number of aromatic amines is 1. The smallest absolute Gasteiger partial charge is 0.271 e. The zero-order chi connectivity index (χ0) is 15.5. The molecule has 3 rings (SSSR count). The Balaban J connectivity index is 1.94. The molecule has 0 aliphatic carbocycles. The normalized spacial score (nSPS) is 15.7. The summed E-state index contributed by atoms with van der Waals surface area (Å²) in [6, 6.07) is 3.94. The lowest BCUT2D eigenvalue weighted by molar-refractivity contribution is 0.145. The highest BCUT2D eigenvalue weighted by Crippen LogP contribution is 2.20. The molecule has 6 nitrogen and oxygen atoms in total. The van der Waals surface area contributed by atoms with Gasteiger partial charge in [0.15, 0.2) is 11.4 Å². The number of thiophene rings is 1.